The Balaban J connectivity index is 1.56. The number of nitrogens with one attached hydrogen (secondary N) is 1. The molecule has 2 aromatic carbocycles. The number of amides is 1. The third kappa shape index (κ3) is 3.10. The van der Waals surface area contributed by atoms with Gasteiger partial charge in [-0.1, -0.05) is 24.3 Å². The van der Waals surface area contributed by atoms with Crippen molar-refractivity contribution < 1.29 is 9.53 Å². The lowest BCUT2D eigenvalue weighted by atomic mass is 10.0. The molecule has 5 nitrogen and oxygen atoms in total. The van der Waals surface area contributed by atoms with Gasteiger partial charge in [0.2, 0.25) is 0 Å². The molecule has 1 unspecified atom stereocenters. The molecule has 0 saturated carbocycles. The van der Waals surface area contributed by atoms with E-state index < -0.39 is 0 Å². The molecule has 1 N–H and O–H groups in total. The van der Waals surface area contributed by atoms with Crippen molar-refractivity contribution >= 4 is 16.7 Å². The summed E-state index contributed by atoms with van der Waals surface area (Å²) in [6.07, 6.45) is 1.07. The SMILES string of the molecule is COc1ccc(C(=O)N2CCC(N3CCNCC3)C2)c2ccccc12. The zero-order chi connectivity index (χ0) is 17.2. The molecule has 2 aliphatic heterocycles. The summed E-state index contributed by atoms with van der Waals surface area (Å²) in [6.45, 7) is 5.93. The first-order valence-electron chi connectivity index (χ1n) is 9.07. The van der Waals surface area contributed by atoms with Crippen molar-refractivity contribution in [3.8, 4) is 5.75 Å². The Morgan fingerprint density at radius 1 is 1.08 bits per heavy atom. The van der Waals surface area contributed by atoms with Crippen LogP contribution < -0.4 is 10.1 Å². The van der Waals surface area contributed by atoms with Gasteiger partial charge in [0, 0.05) is 56.3 Å². The number of benzene rings is 2. The average molecular weight is 339 g/mol. The summed E-state index contributed by atoms with van der Waals surface area (Å²) in [5.41, 5.74) is 0.775. The van der Waals surface area contributed by atoms with Crippen LogP contribution in [-0.4, -0.2) is 68.1 Å². The molecule has 2 aromatic rings. The number of fused-ring (bicyclic) bond motifs is 1. The van der Waals surface area contributed by atoms with Crippen LogP contribution in [0.4, 0.5) is 0 Å². The molecular weight excluding hydrogens is 314 g/mol. The van der Waals surface area contributed by atoms with Gasteiger partial charge in [0.25, 0.3) is 5.91 Å². The third-order valence-electron chi connectivity index (χ3n) is 5.45. The molecule has 1 amide bonds. The van der Waals surface area contributed by atoms with E-state index in [2.05, 4.69) is 10.2 Å². The highest BCUT2D eigenvalue weighted by Gasteiger charge is 2.31. The fourth-order valence-electron chi connectivity index (χ4n) is 4.08. The highest BCUT2D eigenvalue weighted by Crippen LogP contribution is 2.30. The van der Waals surface area contributed by atoms with Gasteiger partial charge in [-0.15, -0.1) is 0 Å². The minimum Gasteiger partial charge on any atom is -0.496 e. The first-order chi connectivity index (χ1) is 12.3. The van der Waals surface area contributed by atoms with Gasteiger partial charge in [-0.05, 0) is 23.9 Å². The fraction of sp³-hybridized carbons (Fsp3) is 0.450. The number of hydrogen-bond donors (Lipinski definition) is 1. The molecule has 5 heteroatoms. The van der Waals surface area contributed by atoms with Crippen LogP contribution in [0.3, 0.4) is 0 Å². The summed E-state index contributed by atoms with van der Waals surface area (Å²) >= 11 is 0. The van der Waals surface area contributed by atoms with Crippen LogP contribution in [0.15, 0.2) is 36.4 Å². The standard InChI is InChI=1S/C20H25N3O2/c1-25-19-7-6-18(16-4-2-3-5-17(16)19)20(24)23-11-8-15(14-23)22-12-9-21-10-13-22/h2-7,15,21H,8-14H2,1H3. The average Bonchev–Trinajstić information content (AvgIpc) is 3.17. The predicted octanol–water partition coefficient (Wildman–Crippen LogP) is 1.97. The van der Waals surface area contributed by atoms with Crippen LogP contribution >= 0.6 is 0 Å². The molecule has 0 radical (unpaired) electrons. The second-order valence-corrected chi connectivity index (χ2v) is 6.84. The highest BCUT2D eigenvalue weighted by atomic mass is 16.5. The number of methoxy groups -OCH3 is 1. The lowest BCUT2D eigenvalue weighted by Gasteiger charge is -2.32. The molecular formula is C20H25N3O2. The van der Waals surface area contributed by atoms with E-state index in [0.717, 1.165) is 67.8 Å². The van der Waals surface area contributed by atoms with E-state index in [1.807, 2.05) is 41.3 Å². The Bertz CT molecular complexity index is 771. The number of carbonyl (C=O) groups excluding carboxylic acids is 1. The maximum Gasteiger partial charge on any atom is 0.254 e. The smallest absolute Gasteiger partial charge is 0.254 e. The third-order valence-corrected chi connectivity index (χ3v) is 5.45. The quantitative estimate of drug-likeness (QED) is 0.929. The molecule has 0 aromatic heterocycles. The van der Waals surface area contributed by atoms with Crippen molar-refractivity contribution in [2.45, 2.75) is 12.5 Å². The van der Waals surface area contributed by atoms with Gasteiger partial charge in [-0.2, -0.15) is 0 Å². The minimum absolute atomic E-state index is 0.136. The van der Waals surface area contributed by atoms with Gasteiger partial charge in [-0.25, -0.2) is 0 Å². The Labute approximate surface area is 148 Å². The molecule has 132 valence electrons. The Hall–Kier alpha value is -2.11. The summed E-state index contributed by atoms with van der Waals surface area (Å²) in [7, 11) is 1.67. The summed E-state index contributed by atoms with van der Waals surface area (Å²) in [6, 6.07) is 12.3. The lowest BCUT2D eigenvalue weighted by Crippen LogP contribution is -2.49. The monoisotopic (exact) mass is 339 g/mol. The number of hydrogen-bond acceptors (Lipinski definition) is 4. The van der Waals surface area contributed by atoms with Crippen LogP contribution in [0.25, 0.3) is 10.8 Å². The Morgan fingerprint density at radius 2 is 1.84 bits per heavy atom. The van der Waals surface area contributed by atoms with Gasteiger partial charge in [0.05, 0.1) is 7.11 Å². The normalized spacial score (nSPS) is 21.6. The molecule has 25 heavy (non-hydrogen) atoms. The molecule has 0 aliphatic carbocycles. The van der Waals surface area contributed by atoms with E-state index in [0.29, 0.717) is 6.04 Å². The van der Waals surface area contributed by atoms with Crippen LogP contribution in [0, 0.1) is 0 Å². The maximum atomic E-state index is 13.1. The summed E-state index contributed by atoms with van der Waals surface area (Å²) in [5.74, 6) is 0.948. The molecule has 2 fully saturated rings. The molecule has 0 bridgehead atoms. The maximum absolute atomic E-state index is 13.1. The molecule has 2 heterocycles. The Morgan fingerprint density at radius 3 is 2.60 bits per heavy atom. The lowest BCUT2D eigenvalue weighted by molar-refractivity contribution is 0.0775. The highest BCUT2D eigenvalue weighted by molar-refractivity contribution is 6.08. The summed E-state index contributed by atoms with van der Waals surface area (Å²) in [5, 5.41) is 5.36. The van der Waals surface area contributed by atoms with Gasteiger partial charge in [-0.3, -0.25) is 9.69 Å². The van der Waals surface area contributed by atoms with E-state index in [9.17, 15) is 4.79 Å². The molecule has 1 atom stereocenters. The van der Waals surface area contributed by atoms with Crippen molar-refractivity contribution in [1.29, 1.82) is 0 Å². The van der Waals surface area contributed by atoms with Crippen LogP contribution in [-0.2, 0) is 0 Å². The molecule has 4 rings (SSSR count). The largest absolute Gasteiger partial charge is 0.496 e. The topological polar surface area (TPSA) is 44.8 Å². The second kappa shape index (κ2) is 7.02. The van der Waals surface area contributed by atoms with Crippen molar-refractivity contribution in [3.05, 3.63) is 42.0 Å². The van der Waals surface area contributed by atoms with E-state index in [1.54, 1.807) is 7.11 Å². The first kappa shape index (κ1) is 16.4. The fourth-order valence-corrected chi connectivity index (χ4v) is 4.08. The summed E-state index contributed by atoms with van der Waals surface area (Å²) < 4.78 is 5.45. The van der Waals surface area contributed by atoms with E-state index in [4.69, 9.17) is 4.74 Å². The van der Waals surface area contributed by atoms with Gasteiger partial charge in [0.15, 0.2) is 0 Å². The number of piperazine rings is 1. The molecule has 0 spiro atoms. The molecule has 2 aliphatic rings. The second-order valence-electron chi connectivity index (χ2n) is 6.84. The van der Waals surface area contributed by atoms with Gasteiger partial charge in [0.1, 0.15) is 5.75 Å². The number of rotatable bonds is 3. The minimum atomic E-state index is 0.136. The van der Waals surface area contributed by atoms with Crippen molar-refractivity contribution in [3.63, 3.8) is 0 Å². The van der Waals surface area contributed by atoms with Gasteiger partial charge >= 0.3 is 0 Å². The first-order valence-corrected chi connectivity index (χ1v) is 9.07. The van der Waals surface area contributed by atoms with Crippen LogP contribution in [0.2, 0.25) is 0 Å². The number of carbonyl (C=O) groups is 1. The van der Waals surface area contributed by atoms with Crippen molar-refractivity contribution in [2.24, 2.45) is 0 Å². The van der Waals surface area contributed by atoms with E-state index in [-0.39, 0.29) is 5.91 Å². The van der Waals surface area contributed by atoms with Crippen molar-refractivity contribution in [2.75, 3.05) is 46.4 Å². The van der Waals surface area contributed by atoms with Crippen molar-refractivity contribution in [1.82, 2.24) is 15.1 Å². The van der Waals surface area contributed by atoms with Gasteiger partial charge < -0.3 is 15.0 Å². The Kier molecular flexibility index (Phi) is 4.59. The zero-order valence-electron chi connectivity index (χ0n) is 14.7. The number of ether oxygens (including phenoxy) is 1. The van der Waals surface area contributed by atoms with E-state index >= 15 is 0 Å². The summed E-state index contributed by atoms with van der Waals surface area (Å²) in [4.78, 5) is 17.7. The predicted molar refractivity (Wildman–Crippen MR) is 99.3 cm³/mol. The van der Waals surface area contributed by atoms with Crippen LogP contribution in [0.5, 0.6) is 5.75 Å². The molecule has 2 saturated heterocycles. The number of likely N-dealkylation sites (tertiary alicyclic amines) is 1. The van der Waals surface area contributed by atoms with E-state index in [1.165, 1.54) is 0 Å². The zero-order valence-corrected chi connectivity index (χ0v) is 14.7. The number of nitrogens with zero attached hydrogens (tertiary/aromatic N) is 2. The van der Waals surface area contributed by atoms with Crippen LogP contribution in [0.1, 0.15) is 16.8 Å².